The van der Waals surface area contributed by atoms with Crippen LogP contribution in [0.4, 0.5) is 5.82 Å². The molecule has 0 spiro atoms. The van der Waals surface area contributed by atoms with E-state index in [1.165, 1.54) is 0 Å². The second-order valence-corrected chi connectivity index (χ2v) is 4.71. The molecule has 0 aliphatic carbocycles. The second-order valence-electron chi connectivity index (χ2n) is 4.71. The molecule has 1 aliphatic rings. The highest BCUT2D eigenvalue weighted by Gasteiger charge is 2.27. The minimum absolute atomic E-state index is 0.0588. The van der Waals surface area contributed by atoms with Gasteiger partial charge in [0.1, 0.15) is 5.82 Å². The van der Waals surface area contributed by atoms with Gasteiger partial charge in [-0.3, -0.25) is 0 Å². The fraction of sp³-hybridized carbons (Fsp3) is 0.583. The molecule has 0 unspecified atom stereocenters. The van der Waals surface area contributed by atoms with Gasteiger partial charge in [-0.2, -0.15) is 0 Å². The molecule has 2 rings (SSSR count). The van der Waals surface area contributed by atoms with E-state index in [1.807, 2.05) is 12.1 Å². The Labute approximate surface area is 95.9 Å². The first-order valence-corrected chi connectivity index (χ1v) is 5.55. The first kappa shape index (κ1) is 11.4. The van der Waals surface area contributed by atoms with Gasteiger partial charge in [-0.1, -0.05) is 0 Å². The van der Waals surface area contributed by atoms with E-state index in [2.05, 4.69) is 23.7 Å². The molecule has 4 heteroatoms. The minimum atomic E-state index is -0.130. The number of aliphatic hydroxyl groups is 1. The highest BCUT2D eigenvalue weighted by atomic mass is 16.5. The van der Waals surface area contributed by atoms with Crippen LogP contribution in [0.2, 0.25) is 0 Å². The first-order chi connectivity index (χ1) is 7.61. The Morgan fingerprint density at radius 1 is 1.56 bits per heavy atom. The normalized spacial score (nSPS) is 19.8. The number of nitrogens with zero attached hydrogens (tertiary/aromatic N) is 2. The van der Waals surface area contributed by atoms with E-state index >= 15 is 0 Å². The lowest BCUT2D eigenvalue weighted by molar-refractivity contribution is -0.0279. The Bertz CT molecular complexity index is 366. The summed E-state index contributed by atoms with van der Waals surface area (Å²) in [5.41, 5.74) is 0.768. The Morgan fingerprint density at radius 3 is 3.06 bits per heavy atom. The molecule has 16 heavy (non-hydrogen) atoms. The molecule has 0 bridgehead atoms. The number of pyridine rings is 1. The van der Waals surface area contributed by atoms with Crippen molar-refractivity contribution >= 4 is 5.82 Å². The van der Waals surface area contributed by atoms with Crippen LogP contribution >= 0.6 is 0 Å². The molecule has 0 atom stereocenters. The van der Waals surface area contributed by atoms with Gasteiger partial charge in [-0.05, 0) is 31.5 Å². The Morgan fingerprint density at radius 2 is 2.38 bits per heavy atom. The second kappa shape index (κ2) is 4.39. The predicted octanol–water partition coefficient (Wildman–Crippen LogP) is 1.19. The fourth-order valence-electron chi connectivity index (χ4n) is 1.94. The van der Waals surface area contributed by atoms with Gasteiger partial charge in [0.15, 0.2) is 0 Å². The summed E-state index contributed by atoms with van der Waals surface area (Å²) in [5, 5.41) is 9.09. The lowest BCUT2D eigenvalue weighted by atomic mass is 10.1. The SMILES string of the molecule is CC1(C)CN(c2cc(CO)ccn2)CCO1. The first-order valence-electron chi connectivity index (χ1n) is 5.55. The Kier molecular flexibility index (Phi) is 3.12. The smallest absolute Gasteiger partial charge is 0.129 e. The van der Waals surface area contributed by atoms with Crippen LogP contribution in [0.1, 0.15) is 19.4 Å². The molecule has 1 aromatic rings. The summed E-state index contributed by atoms with van der Waals surface area (Å²) < 4.78 is 5.65. The number of morpholine rings is 1. The van der Waals surface area contributed by atoms with Gasteiger partial charge in [-0.25, -0.2) is 4.98 Å². The van der Waals surface area contributed by atoms with Crippen LogP contribution in [0.15, 0.2) is 18.3 Å². The molecule has 1 saturated heterocycles. The average Bonchev–Trinajstić information content (AvgIpc) is 2.28. The summed E-state index contributed by atoms with van der Waals surface area (Å²) in [6, 6.07) is 3.76. The minimum Gasteiger partial charge on any atom is -0.392 e. The van der Waals surface area contributed by atoms with E-state index in [9.17, 15) is 0 Å². The van der Waals surface area contributed by atoms with Crippen molar-refractivity contribution in [3.05, 3.63) is 23.9 Å². The van der Waals surface area contributed by atoms with Crippen molar-refractivity contribution < 1.29 is 9.84 Å². The van der Waals surface area contributed by atoms with Crippen LogP contribution in [0, 0.1) is 0 Å². The van der Waals surface area contributed by atoms with Crippen LogP contribution in [0.3, 0.4) is 0 Å². The van der Waals surface area contributed by atoms with Crippen LogP contribution < -0.4 is 4.90 Å². The van der Waals surface area contributed by atoms with Gasteiger partial charge in [0.2, 0.25) is 0 Å². The number of aliphatic hydroxyl groups excluding tert-OH is 1. The molecule has 2 heterocycles. The van der Waals surface area contributed by atoms with E-state index in [0.29, 0.717) is 0 Å². The van der Waals surface area contributed by atoms with Crippen LogP contribution in [-0.4, -0.2) is 35.4 Å². The molecular weight excluding hydrogens is 204 g/mol. The Balaban J connectivity index is 2.16. The van der Waals surface area contributed by atoms with E-state index in [-0.39, 0.29) is 12.2 Å². The molecule has 0 amide bonds. The zero-order chi connectivity index (χ0) is 11.6. The van der Waals surface area contributed by atoms with E-state index in [0.717, 1.165) is 31.1 Å². The van der Waals surface area contributed by atoms with Gasteiger partial charge in [0, 0.05) is 19.3 Å². The molecule has 1 N–H and O–H groups in total. The number of ether oxygens (including phenoxy) is 1. The van der Waals surface area contributed by atoms with Gasteiger partial charge in [-0.15, -0.1) is 0 Å². The molecule has 1 aliphatic heterocycles. The average molecular weight is 222 g/mol. The van der Waals surface area contributed by atoms with E-state index in [1.54, 1.807) is 6.20 Å². The zero-order valence-electron chi connectivity index (χ0n) is 9.81. The number of rotatable bonds is 2. The number of hydrogen-bond acceptors (Lipinski definition) is 4. The summed E-state index contributed by atoms with van der Waals surface area (Å²) in [7, 11) is 0. The Hall–Kier alpha value is -1.13. The van der Waals surface area contributed by atoms with Gasteiger partial charge >= 0.3 is 0 Å². The third-order valence-electron chi connectivity index (χ3n) is 2.74. The zero-order valence-corrected chi connectivity index (χ0v) is 9.81. The van der Waals surface area contributed by atoms with Crippen molar-refractivity contribution in [2.45, 2.75) is 26.1 Å². The monoisotopic (exact) mass is 222 g/mol. The highest BCUT2D eigenvalue weighted by Crippen LogP contribution is 2.21. The maximum atomic E-state index is 9.09. The summed E-state index contributed by atoms with van der Waals surface area (Å²) >= 11 is 0. The molecule has 4 nitrogen and oxygen atoms in total. The van der Waals surface area contributed by atoms with Crippen LogP contribution in [0.5, 0.6) is 0 Å². The highest BCUT2D eigenvalue weighted by molar-refractivity contribution is 5.41. The number of anilines is 1. The molecule has 1 aromatic heterocycles. The molecule has 0 aromatic carbocycles. The van der Waals surface area contributed by atoms with Gasteiger partial charge in [0.05, 0.1) is 18.8 Å². The van der Waals surface area contributed by atoms with Crippen molar-refractivity contribution in [2.24, 2.45) is 0 Å². The fourth-order valence-corrected chi connectivity index (χ4v) is 1.94. The lowest BCUT2D eigenvalue weighted by Crippen LogP contribution is -2.48. The maximum absolute atomic E-state index is 9.09. The molecule has 0 radical (unpaired) electrons. The summed E-state index contributed by atoms with van der Waals surface area (Å²) in [6.07, 6.45) is 1.74. The van der Waals surface area contributed by atoms with E-state index < -0.39 is 0 Å². The summed E-state index contributed by atoms with van der Waals surface area (Å²) in [6.45, 7) is 6.62. The number of hydrogen-bond donors (Lipinski definition) is 1. The van der Waals surface area contributed by atoms with Crippen molar-refractivity contribution in [1.82, 2.24) is 4.98 Å². The van der Waals surface area contributed by atoms with Crippen molar-refractivity contribution in [2.75, 3.05) is 24.6 Å². The van der Waals surface area contributed by atoms with Crippen molar-refractivity contribution in [3.63, 3.8) is 0 Å². The van der Waals surface area contributed by atoms with Crippen molar-refractivity contribution in [3.8, 4) is 0 Å². The molecular formula is C12H18N2O2. The van der Waals surface area contributed by atoms with Crippen LogP contribution in [-0.2, 0) is 11.3 Å². The molecule has 88 valence electrons. The molecule has 1 fully saturated rings. The third kappa shape index (κ3) is 2.51. The van der Waals surface area contributed by atoms with Gasteiger partial charge in [0.25, 0.3) is 0 Å². The third-order valence-corrected chi connectivity index (χ3v) is 2.74. The summed E-state index contributed by atoms with van der Waals surface area (Å²) in [5.74, 6) is 0.919. The number of aromatic nitrogens is 1. The largest absolute Gasteiger partial charge is 0.392 e. The maximum Gasteiger partial charge on any atom is 0.129 e. The van der Waals surface area contributed by atoms with E-state index in [4.69, 9.17) is 9.84 Å². The van der Waals surface area contributed by atoms with Gasteiger partial charge < -0.3 is 14.7 Å². The molecule has 0 saturated carbocycles. The van der Waals surface area contributed by atoms with Crippen LogP contribution in [0.25, 0.3) is 0 Å². The topological polar surface area (TPSA) is 45.6 Å². The quantitative estimate of drug-likeness (QED) is 0.816. The lowest BCUT2D eigenvalue weighted by Gasteiger charge is -2.38. The van der Waals surface area contributed by atoms with Crippen molar-refractivity contribution in [1.29, 1.82) is 0 Å². The predicted molar refractivity (Wildman–Crippen MR) is 62.4 cm³/mol. The summed E-state index contributed by atoms with van der Waals surface area (Å²) in [4.78, 5) is 6.53. The standard InChI is InChI=1S/C12H18N2O2/c1-12(2)9-14(5-6-16-12)11-7-10(8-15)3-4-13-11/h3-4,7,15H,5-6,8-9H2,1-2H3.